The van der Waals surface area contributed by atoms with E-state index in [1.807, 2.05) is 6.92 Å². The molecule has 2 fully saturated rings. The Morgan fingerprint density at radius 3 is 2.50 bits per heavy atom. The lowest BCUT2D eigenvalue weighted by atomic mass is 9.86. The van der Waals surface area contributed by atoms with Gasteiger partial charge in [-0.25, -0.2) is 13.1 Å². The van der Waals surface area contributed by atoms with Crippen LogP contribution < -0.4 is 10.0 Å². The Bertz CT molecular complexity index is 726. The van der Waals surface area contributed by atoms with Crippen LogP contribution in [0.1, 0.15) is 61.4 Å². The highest BCUT2D eigenvalue weighted by Gasteiger charge is 2.29. The number of nitrogens with one attached hydrogen (secondary N) is 2. The lowest BCUT2D eigenvalue weighted by Gasteiger charge is -2.29. The van der Waals surface area contributed by atoms with Crippen molar-refractivity contribution in [1.29, 1.82) is 0 Å². The van der Waals surface area contributed by atoms with Crippen molar-refractivity contribution in [2.45, 2.75) is 69.4 Å². The number of rotatable bonds is 5. The van der Waals surface area contributed by atoms with E-state index in [2.05, 4.69) is 17.0 Å². The lowest BCUT2D eigenvalue weighted by Crippen LogP contribution is -2.41. The first kappa shape index (κ1) is 17.4. The van der Waals surface area contributed by atoms with Crippen molar-refractivity contribution in [3.05, 3.63) is 29.3 Å². The number of aryl methyl sites for hydroxylation is 1. The molecular weight excluding hydrogens is 324 g/mol. The molecule has 1 aromatic rings. The zero-order chi connectivity index (χ0) is 17.3. The van der Waals surface area contributed by atoms with Crippen LogP contribution in [0.5, 0.6) is 0 Å². The topological polar surface area (TPSA) is 75.3 Å². The van der Waals surface area contributed by atoms with Gasteiger partial charge in [0.2, 0.25) is 10.0 Å². The van der Waals surface area contributed by atoms with Gasteiger partial charge in [0.05, 0.1) is 4.90 Å². The number of carbonyl (C=O) groups excluding carboxylic acids is 1. The number of hydrogen-bond donors (Lipinski definition) is 2. The highest BCUT2D eigenvalue weighted by molar-refractivity contribution is 7.89. The minimum Gasteiger partial charge on any atom is -0.349 e. The van der Waals surface area contributed by atoms with Crippen molar-refractivity contribution < 1.29 is 13.2 Å². The van der Waals surface area contributed by atoms with Crippen LogP contribution in [0.15, 0.2) is 23.1 Å². The first-order chi connectivity index (χ1) is 11.4. The molecule has 2 N–H and O–H groups in total. The summed E-state index contributed by atoms with van der Waals surface area (Å²) in [5.41, 5.74) is 1.24. The van der Waals surface area contributed by atoms with E-state index in [9.17, 15) is 13.2 Å². The summed E-state index contributed by atoms with van der Waals surface area (Å²) in [5.74, 6) is 0.293. The molecule has 3 rings (SSSR count). The summed E-state index contributed by atoms with van der Waals surface area (Å²) < 4.78 is 27.4. The third kappa shape index (κ3) is 3.98. The second kappa shape index (κ2) is 6.84. The van der Waals surface area contributed by atoms with Crippen LogP contribution in [0.4, 0.5) is 0 Å². The second-order valence-corrected chi connectivity index (χ2v) is 8.93. The van der Waals surface area contributed by atoms with Gasteiger partial charge in [-0.05, 0) is 56.2 Å². The second-order valence-electron chi connectivity index (χ2n) is 7.21. The zero-order valence-electron chi connectivity index (χ0n) is 14.3. The fourth-order valence-electron chi connectivity index (χ4n) is 3.28. The van der Waals surface area contributed by atoms with E-state index in [0.29, 0.717) is 11.5 Å². The average Bonchev–Trinajstić information content (AvgIpc) is 3.33. The molecule has 6 heteroatoms. The summed E-state index contributed by atoms with van der Waals surface area (Å²) in [6.45, 7) is 4.00. The van der Waals surface area contributed by atoms with Gasteiger partial charge in [-0.2, -0.15) is 0 Å². The molecule has 0 aromatic heterocycles. The Kier molecular flexibility index (Phi) is 4.97. The fraction of sp³-hybridized carbons (Fsp3) is 0.611. The van der Waals surface area contributed by atoms with Gasteiger partial charge in [0, 0.05) is 17.6 Å². The summed E-state index contributed by atoms with van der Waals surface area (Å²) in [5, 5.41) is 3.10. The van der Waals surface area contributed by atoms with Gasteiger partial charge in [0.25, 0.3) is 5.91 Å². The first-order valence-electron chi connectivity index (χ1n) is 8.80. The average molecular weight is 350 g/mol. The Morgan fingerprint density at radius 2 is 1.83 bits per heavy atom. The van der Waals surface area contributed by atoms with E-state index in [0.717, 1.165) is 37.7 Å². The van der Waals surface area contributed by atoms with Gasteiger partial charge >= 0.3 is 0 Å². The van der Waals surface area contributed by atoms with E-state index in [-0.39, 0.29) is 22.9 Å². The lowest BCUT2D eigenvalue weighted by molar-refractivity contribution is 0.0909. The van der Waals surface area contributed by atoms with Gasteiger partial charge in [-0.3, -0.25) is 4.79 Å². The normalized spacial score (nSPS) is 24.6. The molecular formula is C18H26N2O3S. The molecule has 0 heterocycles. The maximum absolute atomic E-state index is 12.7. The molecule has 0 aliphatic heterocycles. The maximum atomic E-state index is 12.7. The van der Waals surface area contributed by atoms with Crippen LogP contribution in [0.3, 0.4) is 0 Å². The maximum Gasteiger partial charge on any atom is 0.251 e. The molecule has 132 valence electrons. The third-order valence-corrected chi connectivity index (χ3v) is 6.61. The van der Waals surface area contributed by atoms with Crippen LogP contribution >= 0.6 is 0 Å². The van der Waals surface area contributed by atoms with E-state index < -0.39 is 10.0 Å². The van der Waals surface area contributed by atoms with Gasteiger partial charge in [0.1, 0.15) is 0 Å². The number of hydrogen-bond acceptors (Lipinski definition) is 3. The first-order valence-corrected chi connectivity index (χ1v) is 10.3. The summed E-state index contributed by atoms with van der Waals surface area (Å²) in [7, 11) is -3.54. The minimum absolute atomic E-state index is 0.0525. The van der Waals surface area contributed by atoms with Gasteiger partial charge in [-0.15, -0.1) is 0 Å². The predicted molar refractivity (Wildman–Crippen MR) is 93.4 cm³/mol. The van der Waals surface area contributed by atoms with Crippen LogP contribution in [-0.2, 0) is 10.0 Å². The van der Waals surface area contributed by atoms with Crippen molar-refractivity contribution in [3.63, 3.8) is 0 Å². The van der Waals surface area contributed by atoms with Crippen molar-refractivity contribution in [2.75, 3.05) is 0 Å². The molecule has 0 saturated heterocycles. The molecule has 0 radical (unpaired) electrons. The monoisotopic (exact) mass is 350 g/mol. The fourth-order valence-corrected chi connectivity index (χ4v) is 4.61. The van der Waals surface area contributed by atoms with E-state index >= 15 is 0 Å². The van der Waals surface area contributed by atoms with Crippen LogP contribution in [-0.4, -0.2) is 26.4 Å². The van der Waals surface area contributed by atoms with Gasteiger partial charge < -0.3 is 5.32 Å². The largest absolute Gasteiger partial charge is 0.349 e. The zero-order valence-corrected chi connectivity index (χ0v) is 15.2. The molecule has 5 nitrogen and oxygen atoms in total. The number of amides is 1. The predicted octanol–water partition coefficient (Wildman–Crippen LogP) is 2.74. The Hall–Kier alpha value is -1.40. The molecule has 2 aliphatic rings. The molecule has 2 aliphatic carbocycles. The van der Waals surface area contributed by atoms with E-state index in [4.69, 9.17) is 0 Å². The molecule has 2 unspecified atom stereocenters. The van der Waals surface area contributed by atoms with Crippen molar-refractivity contribution in [3.8, 4) is 0 Å². The summed E-state index contributed by atoms with van der Waals surface area (Å²) in [6.07, 6.45) is 6.24. The number of carbonyl (C=O) groups is 1. The highest BCUT2D eigenvalue weighted by atomic mass is 32.2. The summed E-state index contributed by atoms with van der Waals surface area (Å²) in [6, 6.07) is 5.01. The van der Waals surface area contributed by atoms with Crippen molar-refractivity contribution in [2.24, 2.45) is 5.92 Å². The molecule has 0 bridgehead atoms. The van der Waals surface area contributed by atoms with Gasteiger partial charge in [-0.1, -0.05) is 25.8 Å². The van der Waals surface area contributed by atoms with Crippen LogP contribution in [0.25, 0.3) is 0 Å². The van der Waals surface area contributed by atoms with Crippen LogP contribution in [0, 0.1) is 12.8 Å². The minimum atomic E-state index is -3.54. The smallest absolute Gasteiger partial charge is 0.251 e. The van der Waals surface area contributed by atoms with Crippen LogP contribution in [0.2, 0.25) is 0 Å². The van der Waals surface area contributed by atoms with Gasteiger partial charge in [0.15, 0.2) is 0 Å². The number of benzene rings is 1. The molecule has 24 heavy (non-hydrogen) atoms. The molecule has 1 amide bonds. The molecule has 0 spiro atoms. The molecule has 1 aromatic carbocycles. The Balaban J connectivity index is 1.79. The third-order valence-electron chi connectivity index (χ3n) is 5.09. The Morgan fingerprint density at radius 1 is 1.12 bits per heavy atom. The van der Waals surface area contributed by atoms with E-state index in [1.165, 1.54) is 12.5 Å². The quantitative estimate of drug-likeness (QED) is 0.857. The molecule has 2 saturated carbocycles. The SMILES string of the molecule is Cc1ccc(S(=O)(=O)NC2CC2)cc1C(=O)NC1CCCCC1C. The number of sulfonamides is 1. The summed E-state index contributed by atoms with van der Waals surface area (Å²) in [4.78, 5) is 12.8. The van der Waals surface area contributed by atoms with E-state index in [1.54, 1.807) is 12.1 Å². The highest BCUT2D eigenvalue weighted by Crippen LogP contribution is 2.25. The standard InChI is InChI=1S/C18H26N2O3S/c1-12-7-10-15(24(22,23)20-14-8-9-14)11-16(12)18(21)19-17-6-4-3-5-13(17)2/h7,10-11,13-14,17,20H,3-6,8-9H2,1-2H3,(H,19,21). The molecule has 2 atom stereocenters. The Labute approximate surface area is 144 Å². The van der Waals surface area contributed by atoms with Crippen molar-refractivity contribution >= 4 is 15.9 Å². The summed E-state index contributed by atoms with van der Waals surface area (Å²) >= 11 is 0. The van der Waals surface area contributed by atoms with Crippen molar-refractivity contribution in [1.82, 2.24) is 10.0 Å².